The van der Waals surface area contributed by atoms with Gasteiger partial charge in [0.2, 0.25) is 5.76 Å². The Labute approximate surface area is 79.3 Å². The smallest absolute Gasteiger partial charge is 0.227 e. The second-order valence-corrected chi connectivity index (χ2v) is 2.98. The molecule has 0 saturated carbocycles. The van der Waals surface area contributed by atoms with E-state index in [0.29, 0.717) is 21.7 Å². The Hall–Kier alpha value is -1.66. The van der Waals surface area contributed by atoms with Crippen molar-refractivity contribution in [3.05, 3.63) is 29.0 Å². The van der Waals surface area contributed by atoms with Gasteiger partial charge in [-0.25, -0.2) is 0 Å². The first-order valence-electron chi connectivity index (χ1n) is 3.60. The Morgan fingerprint density at radius 3 is 2.85 bits per heavy atom. The Balaban J connectivity index is 2.95. The number of anilines is 1. The second-order valence-electron chi connectivity index (χ2n) is 2.57. The Kier molecular flexibility index (Phi) is 1.64. The Morgan fingerprint density at radius 2 is 2.23 bits per heavy atom. The van der Waals surface area contributed by atoms with Crippen LogP contribution in [-0.2, 0) is 0 Å². The highest BCUT2D eigenvalue weighted by Crippen LogP contribution is 2.33. The van der Waals surface area contributed by atoms with Crippen molar-refractivity contribution in [1.82, 2.24) is 0 Å². The van der Waals surface area contributed by atoms with Crippen LogP contribution in [0.1, 0.15) is 5.76 Å². The number of nitrogens with two attached hydrogens (primary N) is 1. The van der Waals surface area contributed by atoms with Gasteiger partial charge >= 0.3 is 0 Å². The molecule has 1 aromatic carbocycles. The van der Waals surface area contributed by atoms with Crippen LogP contribution >= 0.6 is 11.6 Å². The maximum absolute atomic E-state index is 8.64. The van der Waals surface area contributed by atoms with Gasteiger partial charge in [-0.15, -0.1) is 0 Å². The van der Waals surface area contributed by atoms with Crippen LogP contribution < -0.4 is 5.73 Å². The third-order valence-corrected chi connectivity index (χ3v) is 2.12. The number of hydrogen-bond donors (Lipinski definition) is 1. The summed E-state index contributed by atoms with van der Waals surface area (Å²) in [6.45, 7) is 0. The lowest BCUT2D eigenvalue weighted by atomic mass is 10.2. The predicted molar refractivity (Wildman–Crippen MR) is 50.4 cm³/mol. The lowest BCUT2D eigenvalue weighted by Crippen LogP contribution is -1.84. The monoisotopic (exact) mass is 192 g/mol. The zero-order valence-electron chi connectivity index (χ0n) is 6.54. The van der Waals surface area contributed by atoms with Crippen molar-refractivity contribution in [3.8, 4) is 6.07 Å². The quantitative estimate of drug-likeness (QED) is 0.698. The highest BCUT2D eigenvalue weighted by molar-refractivity contribution is 6.36. The van der Waals surface area contributed by atoms with E-state index in [-0.39, 0.29) is 5.76 Å². The zero-order chi connectivity index (χ0) is 9.42. The molecule has 64 valence electrons. The van der Waals surface area contributed by atoms with E-state index in [4.69, 9.17) is 27.0 Å². The van der Waals surface area contributed by atoms with Crippen LogP contribution in [-0.4, -0.2) is 0 Å². The summed E-state index contributed by atoms with van der Waals surface area (Å²) in [6.07, 6.45) is 0. The second kappa shape index (κ2) is 2.68. The molecule has 2 N–H and O–H groups in total. The average molecular weight is 193 g/mol. The molecule has 2 aromatic rings. The average Bonchev–Trinajstić information content (AvgIpc) is 2.44. The molecular formula is C9H5ClN2O. The maximum Gasteiger partial charge on any atom is 0.227 e. The van der Waals surface area contributed by atoms with Gasteiger partial charge in [-0.2, -0.15) is 5.26 Å². The van der Waals surface area contributed by atoms with Gasteiger partial charge in [0.1, 0.15) is 11.7 Å². The van der Waals surface area contributed by atoms with Gasteiger partial charge in [0.05, 0.1) is 16.1 Å². The molecule has 0 fully saturated rings. The highest BCUT2D eigenvalue weighted by Gasteiger charge is 2.12. The highest BCUT2D eigenvalue weighted by atomic mass is 35.5. The van der Waals surface area contributed by atoms with Gasteiger partial charge in [0.15, 0.2) is 0 Å². The number of nitrogens with zero attached hydrogens (tertiary/aromatic N) is 1. The van der Waals surface area contributed by atoms with Crippen LogP contribution in [0.25, 0.3) is 11.0 Å². The van der Waals surface area contributed by atoms with Gasteiger partial charge in [0.25, 0.3) is 0 Å². The first kappa shape index (κ1) is 7.96. The number of halogens is 1. The number of fused-ring (bicyclic) bond motifs is 1. The molecule has 0 radical (unpaired) electrons. The summed E-state index contributed by atoms with van der Waals surface area (Å²) in [5, 5.41) is 9.76. The number of hydrogen-bond acceptors (Lipinski definition) is 3. The van der Waals surface area contributed by atoms with E-state index in [1.54, 1.807) is 18.2 Å². The summed E-state index contributed by atoms with van der Waals surface area (Å²) < 4.78 is 5.16. The van der Waals surface area contributed by atoms with Crippen LogP contribution in [0.4, 0.5) is 5.69 Å². The van der Waals surface area contributed by atoms with Crippen molar-refractivity contribution >= 4 is 28.3 Å². The first-order valence-corrected chi connectivity index (χ1v) is 3.98. The summed E-state index contributed by atoms with van der Waals surface area (Å²) in [4.78, 5) is 0. The van der Waals surface area contributed by atoms with Gasteiger partial charge in [-0.1, -0.05) is 17.7 Å². The third-order valence-electron chi connectivity index (χ3n) is 1.80. The van der Waals surface area contributed by atoms with Gasteiger partial charge in [-0.3, -0.25) is 0 Å². The third kappa shape index (κ3) is 1.04. The van der Waals surface area contributed by atoms with E-state index < -0.39 is 0 Å². The van der Waals surface area contributed by atoms with Crippen LogP contribution in [0.2, 0.25) is 5.02 Å². The minimum absolute atomic E-state index is 0.114. The summed E-state index contributed by atoms with van der Waals surface area (Å²) in [6, 6.07) is 7.03. The maximum atomic E-state index is 8.64. The number of benzene rings is 1. The van der Waals surface area contributed by atoms with Crippen LogP contribution in [0.3, 0.4) is 0 Å². The fourth-order valence-electron chi connectivity index (χ4n) is 1.21. The molecule has 0 atom stereocenters. The lowest BCUT2D eigenvalue weighted by Gasteiger charge is -1.91. The molecule has 0 unspecified atom stereocenters. The van der Waals surface area contributed by atoms with Crippen molar-refractivity contribution in [1.29, 1.82) is 5.26 Å². The molecule has 1 heterocycles. The molecule has 13 heavy (non-hydrogen) atoms. The van der Waals surface area contributed by atoms with E-state index in [0.717, 1.165) is 0 Å². The van der Waals surface area contributed by atoms with Crippen LogP contribution in [0.5, 0.6) is 0 Å². The molecule has 0 amide bonds. The molecule has 0 bridgehead atoms. The molecule has 1 aromatic heterocycles. The molecule has 0 saturated heterocycles. The molecule has 0 aliphatic rings. The normalized spacial score (nSPS) is 10.2. The summed E-state index contributed by atoms with van der Waals surface area (Å²) in [5.74, 6) is 0.114. The Bertz CT molecular complexity index is 510. The van der Waals surface area contributed by atoms with Crippen molar-refractivity contribution in [3.63, 3.8) is 0 Å². The molecular weight excluding hydrogens is 188 g/mol. The van der Waals surface area contributed by atoms with Crippen LogP contribution in [0, 0.1) is 11.3 Å². The number of furan rings is 1. The lowest BCUT2D eigenvalue weighted by molar-refractivity contribution is 0.601. The van der Waals surface area contributed by atoms with Gasteiger partial charge < -0.3 is 10.2 Å². The minimum Gasteiger partial charge on any atom is -0.443 e. The van der Waals surface area contributed by atoms with E-state index in [1.165, 1.54) is 0 Å². The number of rotatable bonds is 0. The SMILES string of the molecule is N#Cc1oc2cccc(Cl)c2c1N. The largest absolute Gasteiger partial charge is 0.443 e. The van der Waals surface area contributed by atoms with Gasteiger partial charge in [0, 0.05) is 0 Å². The van der Waals surface area contributed by atoms with E-state index in [9.17, 15) is 0 Å². The van der Waals surface area contributed by atoms with E-state index in [2.05, 4.69) is 0 Å². The Morgan fingerprint density at radius 1 is 1.46 bits per heavy atom. The molecule has 2 rings (SSSR count). The molecule has 3 nitrogen and oxygen atoms in total. The molecule has 0 aliphatic carbocycles. The van der Waals surface area contributed by atoms with Crippen LogP contribution in [0.15, 0.2) is 22.6 Å². The van der Waals surface area contributed by atoms with Crippen molar-refractivity contribution in [2.24, 2.45) is 0 Å². The molecule has 4 heteroatoms. The van der Waals surface area contributed by atoms with Gasteiger partial charge in [-0.05, 0) is 12.1 Å². The predicted octanol–water partition coefficient (Wildman–Crippen LogP) is 2.54. The minimum atomic E-state index is 0.114. The molecule has 0 aliphatic heterocycles. The summed E-state index contributed by atoms with van der Waals surface area (Å²) in [7, 11) is 0. The van der Waals surface area contributed by atoms with E-state index >= 15 is 0 Å². The molecule has 0 spiro atoms. The van der Waals surface area contributed by atoms with Crippen molar-refractivity contribution in [2.45, 2.75) is 0 Å². The van der Waals surface area contributed by atoms with E-state index in [1.807, 2.05) is 6.07 Å². The van der Waals surface area contributed by atoms with Crippen molar-refractivity contribution < 1.29 is 4.42 Å². The first-order chi connectivity index (χ1) is 6.24. The summed E-state index contributed by atoms with van der Waals surface area (Å²) in [5.41, 5.74) is 6.50. The van der Waals surface area contributed by atoms with Crippen molar-refractivity contribution in [2.75, 3.05) is 5.73 Å². The topological polar surface area (TPSA) is 63.0 Å². The standard InChI is InChI=1S/C9H5ClN2O/c10-5-2-1-3-6-8(5)9(12)7(4-11)13-6/h1-3H,12H2. The summed E-state index contributed by atoms with van der Waals surface area (Å²) >= 11 is 5.88. The number of nitriles is 1. The number of nitrogen functional groups attached to an aromatic ring is 1. The fraction of sp³-hybridized carbons (Fsp3) is 0. The fourth-order valence-corrected chi connectivity index (χ4v) is 1.48. The zero-order valence-corrected chi connectivity index (χ0v) is 7.30.